The van der Waals surface area contributed by atoms with Crippen molar-refractivity contribution in [1.29, 1.82) is 0 Å². The van der Waals surface area contributed by atoms with Crippen LogP contribution in [0.2, 0.25) is 0 Å². The molecule has 3 atom stereocenters. The molecule has 2 N–H and O–H groups in total. The number of rotatable bonds is 4. The van der Waals surface area contributed by atoms with Gasteiger partial charge in [0.2, 0.25) is 0 Å². The zero-order valence-electron chi connectivity index (χ0n) is 13.9. The Hall–Kier alpha value is -2.88. The molecular formula is C21H20O4. The second-order valence-electron chi connectivity index (χ2n) is 6.51. The molecule has 0 spiro atoms. The van der Waals surface area contributed by atoms with Crippen LogP contribution in [0.4, 0.5) is 0 Å². The second kappa shape index (κ2) is 6.20. The molecule has 1 aliphatic rings. The van der Waals surface area contributed by atoms with Crippen LogP contribution in [0.5, 0.6) is 0 Å². The van der Waals surface area contributed by atoms with Gasteiger partial charge in [0.15, 0.2) is 0 Å². The van der Waals surface area contributed by atoms with Crippen LogP contribution in [-0.2, 0) is 20.4 Å². The number of benzene rings is 2. The Morgan fingerprint density at radius 2 is 1.40 bits per heavy atom. The van der Waals surface area contributed by atoms with Crippen LogP contribution in [0.3, 0.4) is 0 Å². The third-order valence-corrected chi connectivity index (χ3v) is 5.52. The van der Waals surface area contributed by atoms with E-state index in [9.17, 15) is 19.8 Å². The fraction of sp³-hybridized carbons (Fsp3) is 0.238. The molecule has 25 heavy (non-hydrogen) atoms. The Morgan fingerprint density at radius 1 is 0.880 bits per heavy atom. The highest BCUT2D eigenvalue weighted by Crippen LogP contribution is 2.51. The van der Waals surface area contributed by atoms with E-state index in [0.29, 0.717) is 11.1 Å². The highest BCUT2D eigenvalue weighted by Gasteiger charge is 2.58. The van der Waals surface area contributed by atoms with E-state index in [2.05, 4.69) is 0 Å². The average molecular weight is 336 g/mol. The molecule has 0 aliphatic heterocycles. The van der Waals surface area contributed by atoms with Crippen LogP contribution >= 0.6 is 0 Å². The first-order chi connectivity index (χ1) is 12.0. The van der Waals surface area contributed by atoms with Gasteiger partial charge in [-0.2, -0.15) is 0 Å². The van der Waals surface area contributed by atoms with Gasteiger partial charge < -0.3 is 10.2 Å². The minimum absolute atomic E-state index is 0.259. The molecule has 0 radical (unpaired) electrons. The van der Waals surface area contributed by atoms with Crippen molar-refractivity contribution in [2.45, 2.75) is 24.2 Å². The maximum Gasteiger partial charge on any atom is 0.318 e. The molecule has 2 aromatic rings. The lowest BCUT2D eigenvalue weighted by molar-refractivity contribution is -0.152. The fourth-order valence-electron chi connectivity index (χ4n) is 4.08. The average Bonchev–Trinajstić information content (AvgIpc) is 2.63. The van der Waals surface area contributed by atoms with Crippen LogP contribution in [0, 0.1) is 5.92 Å². The Bertz CT molecular complexity index is 812. The summed E-state index contributed by atoms with van der Waals surface area (Å²) in [5.74, 6) is -2.72. The van der Waals surface area contributed by atoms with E-state index in [1.165, 1.54) is 0 Å². The third kappa shape index (κ3) is 2.37. The van der Waals surface area contributed by atoms with Crippen LogP contribution in [-0.4, -0.2) is 22.2 Å². The Labute approximate surface area is 146 Å². The van der Waals surface area contributed by atoms with Crippen molar-refractivity contribution in [3.63, 3.8) is 0 Å². The molecule has 0 amide bonds. The van der Waals surface area contributed by atoms with Gasteiger partial charge in [0.25, 0.3) is 0 Å². The summed E-state index contributed by atoms with van der Waals surface area (Å²) >= 11 is 0. The molecule has 0 saturated carbocycles. The summed E-state index contributed by atoms with van der Waals surface area (Å²) in [6, 6.07) is 17.8. The van der Waals surface area contributed by atoms with Gasteiger partial charge in [-0.25, -0.2) is 0 Å². The van der Waals surface area contributed by atoms with Crippen molar-refractivity contribution in [2.24, 2.45) is 5.92 Å². The van der Waals surface area contributed by atoms with E-state index in [1.54, 1.807) is 67.6 Å². The first-order valence-electron chi connectivity index (χ1n) is 8.22. The van der Waals surface area contributed by atoms with Crippen molar-refractivity contribution < 1.29 is 19.8 Å². The molecular weight excluding hydrogens is 316 g/mol. The molecule has 2 aromatic carbocycles. The first kappa shape index (κ1) is 17.0. The lowest BCUT2D eigenvalue weighted by Crippen LogP contribution is -2.55. The van der Waals surface area contributed by atoms with Crippen molar-refractivity contribution in [1.82, 2.24) is 0 Å². The van der Waals surface area contributed by atoms with Gasteiger partial charge in [0.05, 0.1) is 0 Å². The Kier molecular flexibility index (Phi) is 4.21. The largest absolute Gasteiger partial charge is 0.481 e. The van der Waals surface area contributed by atoms with Gasteiger partial charge in [-0.3, -0.25) is 9.59 Å². The van der Waals surface area contributed by atoms with Gasteiger partial charge in [-0.15, -0.1) is 0 Å². The van der Waals surface area contributed by atoms with Gasteiger partial charge in [-0.05, 0) is 17.5 Å². The Balaban J connectivity index is 2.27. The lowest BCUT2D eigenvalue weighted by Gasteiger charge is -2.46. The minimum Gasteiger partial charge on any atom is -0.481 e. The second-order valence-corrected chi connectivity index (χ2v) is 6.51. The monoisotopic (exact) mass is 336 g/mol. The molecule has 0 fully saturated rings. The molecule has 1 aliphatic carbocycles. The zero-order chi connectivity index (χ0) is 18.1. The van der Waals surface area contributed by atoms with E-state index in [4.69, 9.17) is 0 Å². The normalized spacial score (nSPS) is 28.4. The molecule has 4 heteroatoms. The molecule has 0 heterocycles. The standard InChI is InChI=1S/C21H20O4/c1-15-20(18(22)23,16-9-4-2-5-10-16)13-8-14-21(15,19(24)25)17-11-6-3-7-12-17/h2-13,15H,14H2,1H3,(H,22,23)(H,24,25). The molecule has 0 bridgehead atoms. The Morgan fingerprint density at radius 3 is 1.88 bits per heavy atom. The van der Waals surface area contributed by atoms with E-state index < -0.39 is 28.7 Å². The molecule has 0 aromatic heterocycles. The number of allylic oxidation sites excluding steroid dienone is 1. The minimum atomic E-state index is -1.40. The van der Waals surface area contributed by atoms with Crippen LogP contribution in [0.15, 0.2) is 72.8 Å². The predicted molar refractivity (Wildman–Crippen MR) is 94.4 cm³/mol. The van der Waals surface area contributed by atoms with Crippen molar-refractivity contribution in [2.75, 3.05) is 0 Å². The van der Waals surface area contributed by atoms with E-state index in [-0.39, 0.29) is 6.42 Å². The summed E-state index contributed by atoms with van der Waals surface area (Å²) in [5, 5.41) is 20.3. The fourth-order valence-corrected chi connectivity index (χ4v) is 4.08. The van der Waals surface area contributed by atoms with E-state index in [0.717, 1.165) is 0 Å². The SMILES string of the molecule is CC1C(C(=O)O)(c2ccccc2)C=CCC1(C(=O)O)c1ccccc1. The van der Waals surface area contributed by atoms with Crippen molar-refractivity contribution in [3.8, 4) is 0 Å². The number of carboxylic acid groups (broad SMARTS) is 2. The van der Waals surface area contributed by atoms with E-state index >= 15 is 0 Å². The smallest absolute Gasteiger partial charge is 0.318 e. The topological polar surface area (TPSA) is 74.6 Å². The van der Waals surface area contributed by atoms with Gasteiger partial charge in [0.1, 0.15) is 10.8 Å². The zero-order valence-corrected chi connectivity index (χ0v) is 13.9. The predicted octanol–water partition coefficient (Wildman–Crippen LogP) is 3.63. The number of carboxylic acids is 2. The number of hydrogen-bond acceptors (Lipinski definition) is 2. The van der Waals surface area contributed by atoms with Crippen molar-refractivity contribution in [3.05, 3.63) is 83.9 Å². The number of aliphatic carboxylic acids is 2. The van der Waals surface area contributed by atoms with Gasteiger partial charge >= 0.3 is 11.9 Å². The highest BCUT2D eigenvalue weighted by molar-refractivity contribution is 5.90. The molecule has 4 nitrogen and oxygen atoms in total. The summed E-state index contributed by atoms with van der Waals surface area (Å²) in [6.07, 6.45) is 3.61. The van der Waals surface area contributed by atoms with Crippen LogP contribution in [0.25, 0.3) is 0 Å². The molecule has 128 valence electrons. The van der Waals surface area contributed by atoms with Gasteiger partial charge in [0, 0.05) is 5.92 Å². The van der Waals surface area contributed by atoms with Crippen molar-refractivity contribution >= 4 is 11.9 Å². The maximum absolute atomic E-state index is 12.4. The molecule has 3 rings (SSSR count). The summed E-state index contributed by atoms with van der Waals surface area (Å²) in [6.45, 7) is 1.73. The summed E-state index contributed by atoms with van der Waals surface area (Å²) in [7, 11) is 0. The quantitative estimate of drug-likeness (QED) is 0.836. The number of carbonyl (C=O) groups is 2. The first-order valence-corrected chi connectivity index (χ1v) is 8.22. The van der Waals surface area contributed by atoms with Gasteiger partial charge in [-0.1, -0.05) is 79.7 Å². The van der Waals surface area contributed by atoms with Crippen LogP contribution < -0.4 is 0 Å². The summed E-state index contributed by atoms with van der Waals surface area (Å²) < 4.78 is 0. The third-order valence-electron chi connectivity index (χ3n) is 5.52. The summed E-state index contributed by atoms with van der Waals surface area (Å²) in [4.78, 5) is 24.8. The number of hydrogen-bond donors (Lipinski definition) is 2. The summed E-state index contributed by atoms with van der Waals surface area (Å²) in [5.41, 5.74) is -1.48. The van der Waals surface area contributed by atoms with Crippen LogP contribution in [0.1, 0.15) is 24.5 Å². The highest BCUT2D eigenvalue weighted by atomic mass is 16.4. The maximum atomic E-state index is 12.4. The molecule has 0 saturated heterocycles. The molecule has 3 unspecified atom stereocenters. The van der Waals surface area contributed by atoms with E-state index in [1.807, 2.05) is 12.1 Å². The lowest BCUT2D eigenvalue weighted by atomic mass is 9.53.